The molecule has 1 saturated heterocycles. The molecule has 0 N–H and O–H groups in total. The van der Waals surface area contributed by atoms with Gasteiger partial charge in [-0.2, -0.15) is 10.2 Å². The van der Waals surface area contributed by atoms with Gasteiger partial charge in [0.05, 0.1) is 17.2 Å². The maximum absolute atomic E-state index is 13.7. The molecule has 0 spiro atoms. The van der Waals surface area contributed by atoms with Crippen LogP contribution in [0.25, 0.3) is 33.3 Å². The second-order valence-corrected chi connectivity index (χ2v) is 8.99. The van der Waals surface area contributed by atoms with Crippen LogP contribution >= 0.6 is 0 Å². The number of carbonyl (C=O) groups is 1. The molecule has 0 saturated carbocycles. The van der Waals surface area contributed by atoms with Crippen LogP contribution in [0.2, 0.25) is 0 Å². The van der Waals surface area contributed by atoms with Crippen LogP contribution in [0.4, 0.5) is 5.82 Å². The van der Waals surface area contributed by atoms with Gasteiger partial charge in [-0.3, -0.25) is 14.3 Å². The summed E-state index contributed by atoms with van der Waals surface area (Å²) < 4.78 is 6.84. The van der Waals surface area contributed by atoms with Crippen molar-refractivity contribution in [3.05, 3.63) is 90.9 Å². The van der Waals surface area contributed by atoms with Crippen LogP contribution in [-0.4, -0.2) is 33.5 Å². The third-order valence-corrected chi connectivity index (χ3v) is 6.96. The number of oxazole rings is 1. The zero-order chi connectivity index (χ0) is 24.5. The van der Waals surface area contributed by atoms with Gasteiger partial charge in [-0.1, -0.05) is 36.4 Å². The minimum atomic E-state index is -0.100. The van der Waals surface area contributed by atoms with E-state index in [1.807, 2.05) is 67.0 Å². The molecule has 0 amide bonds. The van der Waals surface area contributed by atoms with Gasteiger partial charge in [0.2, 0.25) is 5.91 Å². The highest BCUT2D eigenvalue weighted by atomic mass is 16.3. The number of hydrogen-bond donors (Lipinski definition) is 0. The fraction of sp³-hybridized carbons (Fsp3) is 0.172. The van der Waals surface area contributed by atoms with Gasteiger partial charge in [0.25, 0.3) is 0 Å². The molecule has 4 heterocycles. The SMILES string of the molecule is N#C/C(=C\c1cccc2cnccc12)c1cn(C(=O)C2CCN(c3cocn3)CC2)c2ccccc12. The molecule has 1 fully saturated rings. The van der Waals surface area contributed by atoms with E-state index in [2.05, 4.69) is 20.9 Å². The zero-order valence-corrected chi connectivity index (χ0v) is 19.5. The summed E-state index contributed by atoms with van der Waals surface area (Å²) in [6.07, 6.45) is 11.8. The molecule has 0 bridgehead atoms. The molecular weight excluding hydrogens is 450 g/mol. The Morgan fingerprint density at radius 2 is 1.94 bits per heavy atom. The Morgan fingerprint density at radius 1 is 1.08 bits per heavy atom. The first kappa shape index (κ1) is 21.8. The Bertz CT molecular complexity index is 1630. The van der Waals surface area contributed by atoms with Crippen LogP contribution in [0.3, 0.4) is 0 Å². The molecule has 7 nitrogen and oxygen atoms in total. The summed E-state index contributed by atoms with van der Waals surface area (Å²) in [4.78, 5) is 24.2. The number of fused-ring (bicyclic) bond motifs is 2. The summed E-state index contributed by atoms with van der Waals surface area (Å²) in [6.45, 7) is 1.49. The number of allylic oxidation sites excluding steroid dienone is 1. The van der Waals surface area contributed by atoms with E-state index in [9.17, 15) is 10.1 Å². The fourth-order valence-corrected chi connectivity index (χ4v) is 5.09. The Morgan fingerprint density at radius 3 is 2.75 bits per heavy atom. The minimum absolute atomic E-state index is 0.0609. The van der Waals surface area contributed by atoms with E-state index in [0.717, 1.165) is 64.6 Å². The van der Waals surface area contributed by atoms with Crippen LogP contribution in [0, 0.1) is 17.2 Å². The van der Waals surface area contributed by atoms with Crippen LogP contribution in [0.5, 0.6) is 0 Å². The van der Waals surface area contributed by atoms with Crippen molar-refractivity contribution in [2.24, 2.45) is 5.92 Å². The molecule has 36 heavy (non-hydrogen) atoms. The van der Waals surface area contributed by atoms with Crippen LogP contribution in [0.1, 0.15) is 28.8 Å². The number of aromatic nitrogens is 3. The van der Waals surface area contributed by atoms with Crippen molar-refractivity contribution in [1.82, 2.24) is 14.5 Å². The zero-order valence-electron chi connectivity index (χ0n) is 19.5. The van der Waals surface area contributed by atoms with Gasteiger partial charge >= 0.3 is 0 Å². The van der Waals surface area contributed by atoms with Gasteiger partial charge in [0, 0.05) is 53.9 Å². The average Bonchev–Trinajstić information content (AvgIpc) is 3.61. The Labute approximate surface area is 207 Å². The molecule has 3 aromatic heterocycles. The van der Waals surface area contributed by atoms with Crippen molar-refractivity contribution in [3.63, 3.8) is 0 Å². The number of hydrogen-bond acceptors (Lipinski definition) is 6. The highest BCUT2D eigenvalue weighted by molar-refractivity contribution is 6.06. The molecular formula is C29H23N5O2. The van der Waals surface area contributed by atoms with Gasteiger partial charge < -0.3 is 9.32 Å². The maximum atomic E-state index is 13.7. The van der Waals surface area contributed by atoms with Gasteiger partial charge in [0.15, 0.2) is 12.2 Å². The normalized spacial score (nSPS) is 14.9. The number of anilines is 1. The lowest BCUT2D eigenvalue weighted by atomic mass is 9.96. The molecule has 2 aromatic carbocycles. The van der Waals surface area contributed by atoms with E-state index in [-0.39, 0.29) is 11.8 Å². The molecule has 6 rings (SSSR count). The summed E-state index contributed by atoms with van der Waals surface area (Å²) in [5.74, 6) is 0.769. The topological polar surface area (TPSA) is 88.0 Å². The predicted molar refractivity (Wildman–Crippen MR) is 139 cm³/mol. The van der Waals surface area contributed by atoms with E-state index in [0.29, 0.717) is 5.57 Å². The smallest absolute Gasteiger partial charge is 0.234 e. The number of rotatable bonds is 4. The van der Waals surface area contributed by atoms with Crippen LogP contribution in [-0.2, 0) is 0 Å². The van der Waals surface area contributed by atoms with E-state index >= 15 is 0 Å². The number of nitriles is 1. The summed E-state index contributed by atoms with van der Waals surface area (Å²) in [5.41, 5.74) is 3.03. The minimum Gasteiger partial charge on any atom is -0.449 e. The second kappa shape index (κ2) is 9.16. The van der Waals surface area contributed by atoms with Gasteiger partial charge in [-0.25, -0.2) is 0 Å². The number of pyridine rings is 1. The highest BCUT2D eigenvalue weighted by Gasteiger charge is 2.28. The molecule has 1 aliphatic heterocycles. The average molecular weight is 474 g/mol. The lowest BCUT2D eigenvalue weighted by molar-refractivity contribution is 0.0819. The third-order valence-electron chi connectivity index (χ3n) is 6.96. The van der Waals surface area contributed by atoms with Gasteiger partial charge in [0.1, 0.15) is 6.26 Å². The second-order valence-electron chi connectivity index (χ2n) is 8.99. The molecule has 0 unspecified atom stereocenters. The van der Waals surface area contributed by atoms with Crippen molar-refractivity contribution in [2.45, 2.75) is 12.8 Å². The summed E-state index contributed by atoms with van der Waals surface area (Å²) in [7, 11) is 0. The van der Waals surface area contributed by atoms with E-state index in [4.69, 9.17) is 4.42 Å². The standard InChI is InChI=1S/C29H23N5O2/c30-15-23(14-21-4-3-5-22-16-31-11-8-24(21)22)26-17-34(27-7-2-1-6-25(26)27)29(35)20-9-12-33(13-10-20)28-18-36-19-32-28/h1-8,11,14,16-20H,9-10,12-13H2/b23-14+. The third kappa shape index (κ3) is 3.83. The summed E-state index contributed by atoms with van der Waals surface area (Å²) >= 11 is 0. The van der Waals surface area contributed by atoms with Crippen molar-refractivity contribution in [1.29, 1.82) is 5.26 Å². The first-order chi connectivity index (χ1) is 17.7. The summed E-state index contributed by atoms with van der Waals surface area (Å²) in [5, 5.41) is 13.1. The first-order valence-corrected chi connectivity index (χ1v) is 12.0. The van der Waals surface area contributed by atoms with Crippen molar-refractivity contribution in [3.8, 4) is 6.07 Å². The lowest BCUT2D eigenvalue weighted by Crippen LogP contribution is -2.37. The van der Waals surface area contributed by atoms with Gasteiger partial charge in [-0.15, -0.1) is 0 Å². The summed E-state index contributed by atoms with van der Waals surface area (Å²) in [6, 6.07) is 18.1. The number of nitrogens with zero attached hydrogens (tertiary/aromatic N) is 5. The Kier molecular flexibility index (Phi) is 5.55. The quantitative estimate of drug-likeness (QED) is 0.307. The highest BCUT2D eigenvalue weighted by Crippen LogP contribution is 2.32. The molecule has 0 radical (unpaired) electrons. The molecule has 0 aliphatic carbocycles. The van der Waals surface area contributed by atoms with E-state index < -0.39 is 0 Å². The number of carbonyl (C=O) groups excluding carboxylic acids is 1. The van der Waals surface area contributed by atoms with E-state index in [1.54, 1.807) is 17.0 Å². The van der Waals surface area contributed by atoms with Crippen molar-refractivity contribution >= 4 is 45.0 Å². The Hall–Kier alpha value is -4.70. The molecule has 1 aliphatic rings. The predicted octanol–water partition coefficient (Wildman–Crippen LogP) is 5.80. The largest absolute Gasteiger partial charge is 0.449 e. The van der Waals surface area contributed by atoms with Crippen LogP contribution < -0.4 is 4.90 Å². The number of benzene rings is 2. The monoisotopic (exact) mass is 473 g/mol. The van der Waals surface area contributed by atoms with Gasteiger partial charge in [-0.05, 0) is 42.0 Å². The first-order valence-electron chi connectivity index (χ1n) is 12.0. The molecule has 176 valence electrons. The molecule has 7 heteroatoms. The van der Waals surface area contributed by atoms with Crippen molar-refractivity contribution < 1.29 is 9.21 Å². The van der Waals surface area contributed by atoms with Crippen molar-refractivity contribution in [2.75, 3.05) is 18.0 Å². The van der Waals surface area contributed by atoms with E-state index in [1.165, 1.54) is 6.39 Å². The lowest BCUT2D eigenvalue weighted by Gasteiger charge is -2.31. The molecule has 5 aromatic rings. The fourth-order valence-electron chi connectivity index (χ4n) is 5.09. The number of piperidine rings is 1. The maximum Gasteiger partial charge on any atom is 0.234 e. The molecule has 0 atom stereocenters. The van der Waals surface area contributed by atoms with Crippen LogP contribution in [0.15, 0.2) is 84.2 Å². The number of para-hydroxylation sites is 1. The Balaban J connectivity index is 1.36.